The average Bonchev–Trinajstić information content (AvgIpc) is 3.24. The van der Waals surface area contributed by atoms with Gasteiger partial charge in [-0.05, 0) is 0 Å². The molecule has 0 bridgehead atoms. The second-order valence-corrected chi connectivity index (χ2v) is 70.8. The van der Waals surface area contributed by atoms with Gasteiger partial charge in [-0.25, -0.2) is 0 Å². The van der Waals surface area contributed by atoms with Crippen molar-refractivity contribution in [1.29, 1.82) is 0 Å². The molecule has 0 radical (unpaired) electrons. The third-order valence-electron chi connectivity index (χ3n) is 8.53. The van der Waals surface area contributed by atoms with E-state index in [0.29, 0.717) is 58.1 Å². The van der Waals surface area contributed by atoms with Gasteiger partial charge in [0.2, 0.25) is 0 Å². The van der Waals surface area contributed by atoms with Crippen molar-refractivity contribution in [2.75, 3.05) is 26.4 Å². The van der Waals surface area contributed by atoms with Crippen LogP contribution in [0.4, 0.5) is 0 Å². The Kier molecular flexibility index (Phi) is 24.0. The summed E-state index contributed by atoms with van der Waals surface area (Å²) in [5, 5.41) is 10.6. The van der Waals surface area contributed by atoms with E-state index in [1.807, 2.05) is 0 Å². The minimum absolute atomic E-state index is 0.479. The van der Waals surface area contributed by atoms with Crippen LogP contribution in [-0.4, -0.2) is 145 Å². The molecule has 2 fully saturated rings. The van der Waals surface area contributed by atoms with Crippen LogP contribution in [-0.2, 0) is 18.1 Å². The molecule has 0 aliphatic carbocycles. The summed E-state index contributed by atoms with van der Waals surface area (Å²) in [5.74, 6) is 0. The van der Waals surface area contributed by atoms with Gasteiger partial charge in [-0.1, -0.05) is 0 Å². The van der Waals surface area contributed by atoms with Crippen LogP contribution in [0.5, 0.6) is 0 Å². The summed E-state index contributed by atoms with van der Waals surface area (Å²) in [6.45, 7) is 3.49. The van der Waals surface area contributed by atoms with Crippen molar-refractivity contribution in [3.8, 4) is 0 Å². The molecule has 56 heavy (non-hydrogen) atoms. The summed E-state index contributed by atoms with van der Waals surface area (Å²) in [4.78, 5) is 0. The molecule has 4 atom stereocenters. The molecule has 4 aromatic rings. The topological polar surface area (TPSA) is 36.9 Å². The molecule has 4 aromatic carbocycles. The van der Waals surface area contributed by atoms with Crippen molar-refractivity contribution in [3.63, 3.8) is 0 Å². The molecule has 2 aliphatic heterocycles. The van der Waals surface area contributed by atoms with Gasteiger partial charge in [-0.3, -0.25) is 0 Å². The van der Waals surface area contributed by atoms with Crippen LogP contribution >= 0.6 is 17.7 Å². The summed E-state index contributed by atoms with van der Waals surface area (Å²) < 4.78 is 20.0. The van der Waals surface area contributed by atoms with E-state index in [0.717, 1.165) is 52.1 Å². The number of rotatable bonds is 4. The van der Waals surface area contributed by atoms with Crippen molar-refractivity contribution in [1.82, 2.24) is 0 Å². The van der Waals surface area contributed by atoms with Crippen molar-refractivity contribution in [2.45, 2.75) is 72.6 Å². The molecule has 2 heterocycles. The fourth-order valence-corrected chi connectivity index (χ4v) is 48.4. The number of hydrogen-bond acceptors (Lipinski definition) is 4. The molecular weight excluding hydrogens is 1300 g/mol. The Hall–Kier alpha value is 2.60. The normalized spacial score (nSPS) is 28.3. The Bertz CT molecular complexity index is 1590. The van der Waals surface area contributed by atoms with Gasteiger partial charge < -0.3 is 0 Å². The third-order valence-corrected chi connectivity index (χ3v) is 61.7. The van der Waals surface area contributed by atoms with E-state index in [4.69, 9.17) is 18.1 Å². The van der Waals surface area contributed by atoms with E-state index >= 15 is 0 Å². The minimum atomic E-state index is -1.56. The Morgan fingerprint density at radius 1 is 0.304 bits per heavy atom. The maximum absolute atomic E-state index is 6.56. The van der Waals surface area contributed by atoms with Crippen molar-refractivity contribution < 1.29 is 18.1 Å². The number of benzene rings is 4. The predicted molar refractivity (Wildman–Crippen MR) is 258 cm³/mol. The first-order valence-corrected chi connectivity index (χ1v) is 48.4. The molecule has 0 unspecified atom stereocenters. The first-order chi connectivity index (χ1) is 27.2. The second-order valence-electron chi connectivity index (χ2n) is 12.8. The molecule has 4 nitrogen and oxygen atoms in total. The molecule has 2 saturated heterocycles. The Morgan fingerprint density at radius 2 is 0.500 bits per heavy atom. The second kappa shape index (κ2) is 27.0. The number of hydrogen-bond donors (Lipinski definition) is 0. The van der Waals surface area contributed by atoms with Crippen LogP contribution in [0.1, 0.15) is 51.4 Å². The molecule has 0 N–H and O–H groups in total. The molecule has 2 aliphatic rings. The summed E-state index contributed by atoms with van der Waals surface area (Å²) in [7, 11) is 0. The van der Waals surface area contributed by atoms with Gasteiger partial charge in [0.15, 0.2) is 0 Å². The van der Waals surface area contributed by atoms with Gasteiger partial charge in [-0.2, -0.15) is 0 Å². The van der Waals surface area contributed by atoms with Crippen molar-refractivity contribution in [2.24, 2.45) is 0 Å². The molecule has 0 spiro atoms. The van der Waals surface area contributed by atoms with Crippen LogP contribution in [0.15, 0.2) is 121 Å². The molecule has 0 saturated carbocycles. The fraction of sp³-hybridized carbons (Fsp3) is 0.400. The van der Waals surface area contributed by atoms with Gasteiger partial charge in [0.05, 0.1) is 0 Å². The maximum atomic E-state index is 6.56. The van der Waals surface area contributed by atoms with Crippen LogP contribution in [0, 0.1) is 0 Å². The quantitative estimate of drug-likeness (QED) is 0.152. The van der Waals surface area contributed by atoms with E-state index in [9.17, 15) is 0 Å². The van der Waals surface area contributed by atoms with E-state index < -0.39 is 17.7 Å². The summed E-state index contributed by atoms with van der Waals surface area (Å²) in [6, 6.07) is 43.4. The van der Waals surface area contributed by atoms with Crippen LogP contribution in [0.3, 0.4) is 0 Å². The first-order valence-electron chi connectivity index (χ1n) is 19.0. The van der Waals surface area contributed by atoms with Gasteiger partial charge >= 0.3 is 396 Å². The Balaban J connectivity index is 0.000000214. The Morgan fingerprint density at radius 3 is 0.696 bits per heavy atom. The summed E-state index contributed by atoms with van der Waals surface area (Å²) in [5.41, 5.74) is 0. The van der Waals surface area contributed by atoms with Crippen molar-refractivity contribution in [3.05, 3.63) is 121 Å². The zero-order chi connectivity index (χ0) is 39.4. The predicted octanol–water partition coefficient (Wildman–Crippen LogP) is 8.70. The van der Waals surface area contributed by atoms with E-state index in [2.05, 4.69) is 182 Å². The van der Waals surface area contributed by atoms with Crippen LogP contribution < -0.4 is 21.2 Å². The molecule has 0 aromatic heterocycles. The molecule has 304 valence electrons. The standard InChI is InChI=1S/2C20H26O2P2Se4/c2*25-23(19-11-3-1-4-12-19)21-15-7-10-18-28-24(26,20-13-5-2-6-14-20)22-16-8-9-17-27-23/h2*1-6,11-14H,7-10,15-18H2/t2*23-,24-/m10/s1. The van der Waals surface area contributed by atoms with Gasteiger partial charge in [0.1, 0.15) is 0 Å². The zero-order valence-electron chi connectivity index (χ0n) is 31.5. The first kappa shape index (κ1) is 49.6. The van der Waals surface area contributed by atoms with Crippen LogP contribution in [0.25, 0.3) is 0 Å². The molecule has 0 amide bonds. The fourth-order valence-electron chi connectivity index (χ4n) is 5.48. The Labute approximate surface area is 391 Å². The van der Waals surface area contributed by atoms with Gasteiger partial charge in [0, 0.05) is 0 Å². The SMILES string of the molecule is [Se]=[P@@]1(c2ccccc2)OCCCC[Se][P@](=[Se])(c2ccccc2)OCCCC[Se]1.[Se]=[P@]1(c2ccccc2)OCCCC[Se][P@@](=[Se])(c2ccccc2)OCCCC[Se]1. The van der Waals surface area contributed by atoms with E-state index in [1.54, 1.807) is 0 Å². The van der Waals surface area contributed by atoms with E-state index in [-0.39, 0.29) is 0 Å². The molecule has 6 rings (SSSR count). The summed E-state index contributed by atoms with van der Waals surface area (Å²) in [6.07, 6.45) is 9.46. The molecular formula is C40H52O4P4Se8. The van der Waals surface area contributed by atoms with Crippen molar-refractivity contribution >= 4 is 157 Å². The third kappa shape index (κ3) is 16.6. The summed E-state index contributed by atoms with van der Waals surface area (Å²) >= 11 is 16.0. The van der Waals surface area contributed by atoms with Gasteiger partial charge in [0.25, 0.3) is 0 Å². The average molecular weight is 1350 g/mol. The van der Waals surface area contributed by atoms with Crippen LogP contribution in [0.2, 0.25) is 21.3 Å². The molecule has 16 heteroatoms. The zero-order valence-corrected chi connectivity index (χ0v) is 48.8. The van der Waals surface area contributed by atoms with Gasteiger partial charge in [-0.15, -0.1) is 0 Å². The van der Waals surface area contributed by atoms with E-state index in [1.165, 1.54) is 68.2 Å². The monoisotopic (exact) mass is 1360 g/mol.